The van der Waals surface area contributed by atoms with Gasteiger partial charge in [0.25, 0.3) is 0 Å². The molecule has 1 unspecified atom stereocenters. The normalized spacial score (nSPS) is 12.4. The van der Waals surface area contributed by atoms with Crippen molar-refractivity contribution in [3.05, 3.63) is 41.5 Å². The van der Waals surface area contributed by atoms with Gasteiger partial charge in [-0.2, -0.15) is 0 Å². The molecule has 106 valence electrons. The van der Waals surface area contributed by atoms with Crippen molar-refractivity contribution in [1.82, 2.24) is 0 Å². The maximum atomic E-state index is 9.49. The van der Waals surface area contributed by atoms with Crippen molar-refractivity contribution in [1.29, 1.82) is 0 Å². The van der Waals surface area contributed by atoms with Gasteiger partial charge in [0, 0.05) is 5.39 Å². The topological polar surface area (TPSA) is 29.5 Å². The molecule has 2 aromatic rings. The quantitative estimate of drug-likeness (QED) is 0.824. The lowest BCUT2D eigenvalue weighted by atomic mass is 9.90. The van der Waals surface area contributed by atoms with Gasteiger partial charge in [0.1, 0.15) is 5.75 Å². The van der Waals surface area contributed by atoms with Gasteiger partial charge in [0.15, 0.2) is 0 Å². The Bertz CT molecular complexity index is 593. The van der Waals surface area contributed by atoms with Crippen LogP contribution < -0.4 is 4.65 Å². The van der Waals surface area contributed by atoms with Gasteiger partial charge in [-0.1, -0.05) is 44.5 Å². The molecule has 20 heavy (non-hydrogen) atoms. The monoisotopic (exact) mass is 270 g/mol. The van der Waals surface area contributed by atoms with Gasteiger partial charge < -0.3 is 9.68 Å². The zero-order valence-electron chi connectivity index (χ0n) is 12.8. The fraction of sp³-hybridized carbons (Fsp3) is 0.412. The Morgan fingerprint density at radius 3 is 2.50 bits per heavy atom. The minimum absolute atomic E-state index is 0.667. The molecule has 2 rings (SSSR count). The molecule has 0 saturated carbocycles. The van der Waals surface area contributed by atoms with E-state index in [1.54, 1.807) is 6.82 Å². The molecule has 0 heterocycles. The average molecular weight is 270 g/mol. The largest absolute Gasteiger partial charge is 0.536 e. The first kappa shape index (κ1) is 14.9. The molecule has 0 aliphatic carbocycles. The number of rotatable bonds is 5. The Labute approximate surface area is 121 Å². The number of benzene rings is 2. The van der Waals surface area contributed by atoms with E-state index in [1.807, 2.05) is 12.1 Å². The van der Waals surface area contributed by atoms with Crippen molar-refractivity contribution in [2.24, 2.45) is 5.92 Å². The van der Waals surface area contributed by atoms with E-state index in [0.717, 1.165) is 17.6 Å². The van der Waals surface area contributed by atoms with E-state index in [0.29, 0.717) is 5.92 Å². The number of hydrogen-bond acceptors (Lipinski definition) is 2. The summed E-state index contributed by atoms with van der Waals surface area (Å²) >= 11 is 0. The summed E-state index contributed by atoms with van der Waals surface area (Å²) in [6.07, 6.45) is 2.26. The molecule has 0 bridgehead atoms. The predicted molar refractivity (Wildman–Crippen MR) is 86.3 cm³/mol. The molecule has 2 aromatic carbocycles. The molecular weight excluding hydrogens is 247 g/mol. The Morgan fingerprint density at radius 1 is 1.25 bits per heavy atom. The van der Waals surface area contributed by atoms with E-state index < -0.39 is 7.12 Å². The van der Waals surface area contributed by atoms with Crippen molar-refractivity contribution < 1.29 is 9.68 Å². The van der Waals surface area contributed by atoms with Gasteiger partial charge >= 0.3 is 7.12 Å². The molecule has 3 heteroatoms. The summed E-state index contributed by atoms with van der Waals surface area (Å²) in [4.78, 5) is 0. The van der Waals surface area contributed by atoms with Crippen molar-refractivity contribution >= 4 is 17.9 Å². The molecule has 0 fully saturated rings. The molecule has 0 radical (unpaired) electrons. The number of hydrogen-bond donors (Lipinski definition) is 1. The molecule has 0 spiro atoms. The second-order valence-electron chi connectivity index (χ2n) is 5.65. The van der Waals surface area contributed by atoms with Crippen LogP contribution in [0.25, 0.3) is 10.8 Å². The number of aryl methyl sites for hydroxylation is 1. The summed E-state index contributed by atoms with van der Waals surface area (Å²) in [5, 5.41) is 11.8. The first-order valence-corrected chi connectivity index (χ1v) is 7.38. The lowest BCUT2D eigenvalue weighted by molar-refractivity contribution is 0.427. The molecule has 0 saturated heterocycles. The van der Waals surface area contributed by atoms with E-state index in [-0.39, 0.29) is 0 Å². The van der Waals surface area contributed by atoms with Crippen molar-refractivity contribution in [2.45, 2.75) is 40.4 Å². The summed E-state index contributed by atoms with van der Waals surface area (Å²) < 4.78 is 5.55. The van der Waals surface area contributed by atoms with E-state index >= 15 is 0 Å². The fourth-order valence-corrected chi connectivity index (χ4v) is 2.58. The zero-order valence-corrected chi connectivity index (χ0v) is 12.8. The minimum Gasteiger partial charge on any atom is -0.536 e. The summed E-state index contributed by atoms with van der Waals surface area (Å²) in [6.45, 7) is 8.28. The second-order valence-corrected chi connectivity index (χ2v) is 5.65. The first-order valence-electron chi connectivity index (χ1n) is 7.38. The molecule has 1 N–H and O–H groups in total. The fourth-order valence-electron chi connectivity index (χ4n) is 2.58. The van der Waals surface area contributed by atoms with Crippen LogP contribution in [0.1, 0.15) is 31.4 Å². The minimum atomic E-state index is -0.793. The van der Waals surface area contributed by atoms with E-state index in [4.69, 9.17) is 4.65 Å². The highest BCUT2D eigenvalue weighted by atomic mass is 16.5. The molecule has 2 nitrogen and oxygen atoms in total. The average Bonchev–Trinajstić information content (AvgIpc) is 2.42. The highest BCUT2D eigenvalue weighted by Gasteiger charge is 2.15. The SMILES string of the molecule is CCC(C)Cc1c(C)cc(OB(C)O)c2ccccc12. The van der Waals surface area contributed by atoms with Gasteiger partial charge in [-0.3, -0.25) is 0 Å². The van der Waals surface area contributed by atoms with Crippen LogP contribution >= 0.6 is 0 Å². The Hall–Kier alpha value is -1.48. The third-order valence-corrected chi connectivity index (χ3v) is 3.89. The van der Waals surface area contributed by atoms with Gasteiger partial charge in [0.2, 0.25) is 0 Å². The standard InChI is InChI=1S/C17H23BO2/c1-5-12(2)10-16-13(3)11-17(20-18(4)19)15-9-7-6-8-14(15)16/h6-9,11-12,19H,5,10H2,1-4H3. The predicted octanol–water partition coefficient (Wildman–Crippen LogP) is 4.23. The van der Waals surface area contributed by atoms with E-state index in [2.05, 4.69) is 39.0 Å². The summed E-state index contributed by atoms with van der Waals surface area (Å²) in [5.41, 5.74) is 2.63. The Kier molecular flexibility index (Phi) is 4.71. The van der Waals surface area contributed by atoms with Crippen molar-refractivity contribution in [3.63, 3.8) is 0 Å². The van der Waals surface area contributed by atoms with Crippen LogP contribution in [0.4, 0.5) is 0 Å². The summed E-state index contributed by atoms with van der Waals surface area (Å²) in [5.74, 6) is 1.43. The lowest BCUT2D eigenvalue weighted by Gasteiger charge is -2.18. The van der Waals surface area contributed by atoms with Gasteiger partial charge in [-0.15, -0.1) is 0 Å². The second kappa shape index (κ2) is 6.32. The van der Waals surface area contributed by atoms with Crippen LogP contribution in [0.15, 0.2) is 30.3 Å². The molecular formula is C17H23BO2. The molecule has 0 amide bonds. The van der Waals surface area contributed by atoms with Crippen molar-refractivity contribution in [3.8, 4) is 5.75 Å². The van der Waals surface area contributed by atoms with Crippen molar-refractivity contribution in [2.75, 3.05) is 0 Å². The molecule has 0 aliphatic rings. The molecule has 0 aliphatic heterocycles. The van der Waals surface area contributed by atoms with Crippen LogP contribution in [0, 0.1) is 12.8 Å². The van der Waals surface area contributed by atoms with E-state index in [9.17, 15) is 5.02 Å². The van der Waals surface area contributed by atoms with Crippen LogP contribution in [-0.4, -0.2) is 12.1 Å². The third kappa shape index (κ3) is 3.16. The van der Waals surface area contributed by atoms with Gasteiger partial charge in [-0.05, 0) is 48.7 Å². The van der Waals surface area contributed by atoms with Crippen LogP contribution in [0.3, 0.4) is 0 Å². The van der Waals surface area contributed by atoms with Crippen LogP contribution in [0.5, 0.6) is 5.75 Å². The van der Waals surface area contributed by atoms with Gasteiger partial charge in [-0.25, -0.2) is 0 Å². The highest BCUT2D eigenvalue weighted by molar-refractivity contribution is 6.42. The third-order valence-electron chi connectivity index (χ3n) is 3.89. The van der Waals surface area contributed by atoms with Gasteiger partial charge in [0.05, 0.1) is 0 Å². The van der Waals surface area contributed by atoms with E-state index in [1.165, 1.54) is 22.9 Å². The summed E-state index contributed by atoms with van der Waals surface area (Å²) in [6, 6.07) is 10.3. The Balaban J connectivity index is 2.57. The van der Waals surface area contributed by atoms with Crippen LogP contribution in [-0.2, 0) is 6.42 Å². The molecule has 0 aromatic heterocycles. The summed E-state index contributed by atoms with van der Waals surface area (Å²) in [7, 11) is -0.793. The highest BCUT2D eigenvalue weighted by Crippen LogP contribution is 2.33. The lowest BCUT2D eigenvalue weighted by Crippen LogP contribution is -2.16. The molecule has 1 atom stereocenters. The zero-order chi connectivity index (χ0) is 14.7. The maximum Gasteiger partial charge on any atom is 0.519 e. The smallest absolute Gasteiger partial charge is 0.519 e. The maximum absolute atomic E-state index is 9.49. The number of fused-ring (bicyclic) bond motifs is 1. The Morgan fingerprint density at radius 2 is 1.90 bits per heavy atom. The van der Waals surface area contributed by atoms with Crippen LogP contribution in [0.2, 0.25) is 6.82 Å². The first-order chi connectivity index (χ1) is 9.52.